The number of hydrogen-bond acceptors (Lipinski definition) is 11. The van der Waals surface area contributed by atoms with Gasteiger partial charge in [-0.25, -0.2) is 5.43 Å². The molecule has 4 amide bonds. The number of rotatable bonds is 10. The number of likely N-dealkylation sites (tertiary alicyclic amines) is 1. The van der Waals surface area contributed by atoms with E-state index in [-0.39, 0.29) is 55.6 Å². The number of amides is 4. The molecule has 16 nitrogen and oxygen atoms in total. The van der Waals surface area contributed by atoms with Crippen LogP contribution >= 0.6 is 0 Å². The summed E-state index contributed by atoms with van der Waals surface area (Å²) in [6.45, 7) is 13.8. The molecule has 1 unspecified atom stereocenters. The Morgan fingerprint density at radius 1 is 1.09 bits per heavy atom. The van der Waals surface area contributed by atoms with Gasteiger partial charge >= 0.3 is 5.97 Å². The maximum absolute atomic E-state index is 14.8. The Morgan fingerprint density at radius 2 is 1.86 bits per heavy atom. The van der Waals surface area contributed by atoms with Gasteiger partial charge in [-0.05, 0) is 124 Å². The second-order valence-corrected chi connectivity index (χ2v) is 20.6. The molecule has 374 valence electrons. The van der Waals surface area contributed by atoms with Gasteiger partial charge in [0.2, 0.25) is 11.8 Å². The first-order chi connectivity index (χ1) is 33.3. The van der Waals surface area contributed by atoms with Gasteiger partial charge in [0, 0.05) is 74.3 Å². The van der Waals surface area contributed by atoms with Crippen LogP contribution in [0.5, 0.6) is 5.75 Å². The van der Waals surface area contributed by atoms with Gasteiger partial charge in [-0.1, -0.05) is 45.7 Å². The van der Waals surface area contributed by atoms with E-state index in [0.717, 1.165) is 39.0 Å². The van der Waals surface area contributed by atoms with E-state index < -0.39 is 47.2 Å². The number of phenolic OH excluding ortho intramolecular Hbond substituents is 1. The fourth-order valence-electron chi connectivity index (χ4n) is 10.4. The van der Waals surface area contributed by atoms with Crippen LogP contribution in [-0.4, -0.2) is 143 Å². The molecule has 4 aromatic rings. The molecule has 6 bridgehead atoms. The van der Waals surface area contributed by atoms with Crippen molar-refractivity contribution in [2.75, 3.05) is 54.5 Å². The van der Waals surface area contributed by atoms with E-state index in [1.165, 1.54) is 9.91 Å². The number of carbonyl (C=O) groups excluding carboxylic acids is 5. The van der Waals surface area contributed by atoms with Crippen LogP contribution in [0.4, 0.5) is 0 Å². The highest BCUT2D eigenvalue weighted by Gasteiger charge is 2.42. The SMILES string of the molecule is CCn1c(-c2cccnc2COC)c2c3cc(ccc31)-c1cc(O)cc(c1)CC(NC(=O)[C@H](C(C)C)N(C)C(=O)[C@H]1C[C@@H](C)N(C(=O)C#CCN(C)C)C1)C(=O)N1CCC[C@H](N1)C(=O)OCC(C)(C)C2. The van der Waals surface area contributed by atoms with Crippen molar-refractivity contribution in [3.8, 4) is 40.0 Å². The fraction of sp³-hybridized carbons (Fsp3) is 0.519. The van der Waals surface area contributed by atoms with E-state index in [0.29, 0.717) is 56.5 Å². The number of hydrogen-bond donors (Lipinski definition) is 3. The van der Waals surface area contributed by atoms with E-state index in [2.05, 4.69) is 66.1 Å². The molecule has 3 N–H and O–H groups in total. The number of carbonyl (C=O) groups is 5. The Labute approximate surface area is 412 Å². The lowest BCUT2D eigenvalue weighted by atomic mass is 9.84. The summed E-state index contributed by atoms with van der Waals surface area (Å²) in [6.07, 6.45) is 3.64. The number of methoxy groups -OCH3 is 1. The van der Waals surface area contributed by atoms with Crippen molar-refractivity contribution >= 4 is 40.5 Å². The second-order valence-electron chi connectivity index (χ2n) is 20.6. The van der Waals surface area contributed by atoms with Crippen molar-refractivity contribution in [3.05, 3.63) is 71.5 Å². The third kappa shape index (κ3) is 11.3. The fourth-order valence-corrected chi connectivity index (χ4v) is 10.4. The smallest absolute Gasteiger partial charge is 0.324 e. The van der Waals surface area contributed by atoms with Crippen molar-refractivity contribution in [3.63, 3.8) is 0 Å². The monoisotopic (exact) mass is 959 g/mol. The maximum atomic E-state index is 14.8. The number of phenols is 1. The summed E-state index contributed by atoms with van der Waals surface area (Å²) in [5, 5.41) is 16.8. The van der Waals surface area contributed by atoms with E-state index in [1.54, 1.807) is 37.4 Å². The molecule has 2 saturated heterocycles. The average molecular weight is 959 g/mol. The predicted molar refractivity (Wildman–Crippen MR) is 268 cm³/mol. The first-order valence-electron chi connectivity index (χ1n) is 24.5. The third-order valence-electron chi connectivity index (χ3n) is 13.7. The lowest BCUT2D eigenvalue weighted by Crippen LogP contribution is -2.62. The number of esters is 1. The first-order valence-corrected chi connectivity index (χ1v) is 24.5. The van der Waals surface area contributed by atoms with Crippen LogP contribution in [0.1, 0.15) is 77.6 Å². The molecule has 0 spiro atoms. The lowest BCUT2D eigenvalue weighted by Gasteiger charge is -2.37. The second kappa shape index (κ2) is 21.8. The lowest BCUT2D eigenvalue weighted by molar-refractivity contribution is -0.155. The van der Waals surface area contributed by atoms with Gasteiger partial charge in [0.25, 0.3) is 11.8 Å². The maximum Gasteiger partial charge on any atom is 0.324 e. The van der Waals surface area contributed by atoms with Gasteiger partial charge in [0.1, 0.15) is 23.9 Å². The van der Waals surface area contributed by atoms with E-state index >= 15 is 0 Å². The van der Waals surface area contributed by atoms with Gasteiger partial charge in [-0.15, -0.1) is 0 Å². The minimum Gasteiger partial charge on any atom is -0.508 e. The Hall–Kier alpha value is -6.28. The zero-order valence-electron chi connectivity index (χ0n) is 42.4. The number of aromatic nitrogens is 2. The zero-order valence-corrected chi connectivity index (χ0v) is 42.4. The number of ether oxygens (including phenoxy) is 2. The summed E-state index contributed by atoms with van der Waals surface area (Å²) in [4.78, 5) is 80.4. The van der Waals surface area contributed by atoms with Crippen LogP contribution in [0, 0.1) is 29.1 Å². The summed E-state index contributed by atoms with van der Waals surface area (Å²) in [7, 11) is 6.97. The molecule has 3 aliphatic heterocycles. The first kappa shape index (κ1) is 51.6. The standard InChI is InChI=1S/C54H70N8O8/c1-11-60-46-19-18-36-28-41(46)42(49(60)40-15-12-20-55-45(40)31-69-10)29-54(5,6)32-70-53(68)43-16-13-22-62(57-43)52(67)44(26-35-24-37(36)27-39(63)25-35)56-50(65)48(33(2)3)59(9)51(66)38-23-34(4)61(30-38)47(64)17-14-21-58(7)8/h12,15,18-20,24-25,27-28,33-34,38,43-44,48,57,63H,11,13,16,21-23,26,29-32H2,1-10H3,(H,56,65)/t34-,38+,43+,44?,48+/m1/s1. The third-order valence-corrected chi connectivity index (χ3v) is 13.7. The molecule has 5 heterocycles. The normalized spacial score (nSPS) is 21.0. The summed E-state index contributed by atoms with van der Waals surface area (Å²) in [5.41, 5.74) is 9.52. The molecule has 2 fully saturated rings. The molecule has 2 aromatic heterocycles. The highest BCUT2D eigenvalue weighted by molar-refractivity contribution is 5.97. The number of cyclic esters (lactones) is 1. The van der Waals surface area contributed by atoms with Crippen LogP contribution in [0.2, 0.25) is 0 Å². The minimum atomic E-state index is -1.18. The van der Waals surface area contributed by atoms with Crippen molar-refractivity contribution in [2.45, 2.75) is 111 Å². The molecule has 0 radical (unpaired) electrons. The molecular weight excluding hydrogens is 889 g/mol. The van der Waals surface area contributed by atoms with Crippen molar-refractivity contribution < 1.29 is 38.6 Å². The van der Waals surface area contributed by atoms with Crippen molar-refractivity contribution in [2.24, 2.45) is 17.3 Å². The van der Waals surface area contributed by atoms with Gasteiger partial charge in [-0.3, -0.25) is 38.9 Å². The number of benzene rings is 2. The number of fused-ring (bicyclic) bond motifs is 6. The summed E-state index contributed by atoms with van der Waals surface area (Å²) < 4.78 is 14.0. The van der Waals surface area contributed by atoms with Crippen LogP contribution in [0.15, 0.2) is 54.7 Å². The van der Waals surface area contributed by atoms with Crippen molar-refractivity contribution in [1.29, 1.82) is 0 Å². The highest BCUT2D eigenvalue weighted by atomic mass is 16.5. The number of likely N-dealkylation sites (N-methyl/N-ethyl adjacent to an activating group) is 1. The van der Waals surface area contributed by atoms with Crippen LogP contribution in [0.25, 0.3) is 33.3 Å². The number of pyridine rings is 1. The van der Waals surface area contributed by atoms with Crippen molar-refractivity contribution in [1.82, 2.24) is 40.0 Å². The predicted octanol–water partition coefficient (Wildman–Crippen LogP) is 5.18. The summed E-state index contributed by atoms with van der Waals surface area (Å²) in [6, 6.07) is 12.2. The van der Waals surface area contributed by atoms with Gasteiger partial charge in [0.15, 0.2) is 0 Å². The molecular formula is C54H70N8O8. The number of aromatic hydroxyl groups is 1. The molecule has 0 aliphatic carbocycles. The minimum absolute atomic E-state index is 0.0152. The Morgan fingerprint density at radius 3 is 2.57 bits per heavy atom. The Kier molecular flexibility index (Phi) is 16.0. The van der Waals surface area contributed by atoms with Crippen LogP contribution in [0.3, 0.4) is 0 Å². The average Bonchev–Trinajstić information content (AvgIpc) is 3.86. The largest absolute Gasteiger partial charge is 0.508 e. The Bertz CT molecular complexity index is 2680. The molecule has 2 aromatic carbocycles. The highest BCUT2D eigenvalue weighted by Crippen LogP contribution is 2.41. The Balaban J connectivity index is 1.26. The molecule has 5 atom stereocenters. The zero-order chi connectivity index (χ0) is 50.6. The molecule has 0 saturated carbocycles. The molecule has 3 aliphatic rings. The summed E-state index contributed by atoms with van der Waals surface area (Å²) >= 11 is 0. The number of aryl methyl sites for hydroxylation is 1. The number of nitrogens with one attached hydrogen (secondary N) is 2. The molecule has 7 rings (SSSR count). The quantitative estimate of drug-likeness (QED) is 0.141. The van der Waals surface area contributed by atoms with Gasteiger partial charge < -0.3 is 34.3 Å². The summed E-state index contributed by atoms with van der Waals surface area (Å²) in [5.74, 6) is 2.50. The van der Waals surface area contributed by atoms with Gasteiger partial charge in [0.05, 0.1) is 37.1 Å². The van der Waals surface area contributed by atoms with E-state index in [9.17, 15) is 29.1 Å². The topological polar surface area (TPSA) is 179 Å². The van der Waals surface area contributed by atoms with Gasteiger partial charge in [-0.2, -0.15) is 0 Å². The van der Waals surface area contributed by atoms with E-state index in [1.807, 2.05) is 58.0 Å². The van der Waals surface area contributed by atoms with Crippen LogP contribution in [-0.2, 0) is 59.4 Å². The molecule has 70 heavy (non-hydrogen) atoms. The molecule has 16 heteroatoms. The van der Waals surface area contributed by atoms with Crippen LogP contribution < -0.4 is 10.7 Å². The van der Waals surface area contributed by atoms with E-state index in [4.69, 9.17) is 14.5 Å². The number of nitrogens with zero attached hydrogens (tertiary/aromatic N) is 6. The number of hydrazine groups is 1.